The van der Waals surface area contributed by atoms with Gasteiger partial charge in [-0.15, -0.1) is 0 Å². The van der Waals surface area contributed by atoms with Crippen LogP contribution in [0.1, 0.15) is 0 Å². The molecule has 0 unspecified atom stereocenters. The minimum Gasteiger partial charge on any atom is -0.439 e. The quantitative estimate of drug-likeness (QED) is 0.345. The lowest BCUT2D eigenvalue weighted by atomic mass is 10.2. The van der Waals surface area contributed by atoms with E-state index in [0.717, 1.165) is 22.7 Å². The third kappa shape index (κ3) is 4.06. The first kappa shape index (κ1) is 19.5. The molecule has 0 aliphatic rings. The van der Waals surface area contributed by atoms with E-state index in [9.17, 15) is 8.78 Å². The summed E-state index contributed by atoms with van der Waals surface area (Å²) in [4.78, 5) is 8.57. The summed E-state index contributed by atoms with van der Waals surface area (Å²) in [6, 6.07) is 19.6. The lowest BCUT2D eigenvalue weighted by molar-refractivity contribution is 0.463. The number of benzene rings is 3. The number of nitrogens with zero attached hydrogens (tertiary/aromatic N) is 3. The largest absolute Gasteiger partial charge is 0.439 e. The van der Waals surface area contributed by atoms with E-state index in [2.05, 4.69) is 15.3 Å². The van der Waals surface area contributed by atoms with Gasteiger partial charge in [0.1, 0.15) is 17.4 Å². The molecule has 0 aliphatic carbocycles. The number of ether oxygens (including phenoxy) is 1. The van der Waals surface area contributed by atoms with Gasteiger partial charge >= 0.3 is 0 Å². The third-order valence-corrected chi connectivity index (χ3v) is 4.78. The Balaban J connectivity index is 1.39. The Hall–Kier alpha value is -4.46. The summed E-state index contributed by atoms with van der Waals surface area (Å²) in [6.45, 7) is 0. The predicted octanol–water partition coefficient (Wildman–Crippen LogP) is 5.82. The Labute approximate surface area is 181 Å². The van der Waals surface area contributed by atoms with Crippen LogP contribution in [0.5, 0.6) is 11.6 Å². The molecule has 0 saturated heterocycles. The van der Waals surface area contributed by atoms with Gasteiger partial charge in [0.05, 0.1) is 11.2 Å². The van der Waals surface area contributed by atoms with E-state index in [1.165, 1.54) is 12.1 Å². The minimum atomic E-state index is -0.631. The summed E-state index contributed by atoms with van der Waals surface area (Å²) in [5.74, 6) is 0.0291. The average molecular weight is 429 g/mol. The molecule has 3 N–H and O–H groups in total. The van der Waals surface area contributed by atoms with Crippen molar-refractivity contribution in [3.05, 3.63) is 96.8 Å². The van der Waals surface area contributed by atoms with Gasteiger partial charge in [0, 0.05) is 41.3 Å². The molecule has 0 atom stereocenters. The van der Waals surface area contributed by atoms with E-state index in [1.807, 2.05) is 30.3 Å². The van der Waals surface area contributed by atoms with Crippen LogP contribution in [0.3, 0.4) is 0 Å². The number of nitrogens with two attached hydrogens (primary N) is 1. The molecule has 0 radical (unpaired) electrons. The summed E-state index contributed by atoms with van der Waals surface area (Å²) in [7, 11) is 0. The predicted molar refractivity (Wildman–Crippen MR) is 119 cm³/mol. The molecule has 0 bridgehead atoms. The first-order valence-electron chi connectivity index (χ1n) is 9.74. The molecule has 6 nitrogen and oxygen atoms in total. The van der Waals surface area contributed by atoms with Gasteiger partial charge in [0.2, 0.25) is 11.8 Å². The molecule has 3 aromatic carbocycles. The van der Waals surface area contributed by atoms with Crippen molar-refractivity contribution < 1.29 is 13.5 Å². The summed E-state index contributed by atoms with van der Waals surface area (Å²) in [6.07, 6.45) is 3.34. The maximum Gasteiger partial charge on any atom is 0.230 e. The Morgan fingerprint density at radius 3 is 2.56 bits per heavy atom. The van der Waals surface area contributed by atoms with Crippen LogP contribution in [-0.4, -0.2) is 14.5 Å². The summed E-state index contributed by atoms with van der Waals surface area (Å²) in [5.41, 5.74) is 8.38. The van der Waals surface area contributed by atoms with Crippen molar-refractivity contribution in [1.82, 2.24) is 14.5 Å². The number of anilines is 3. The fraction of sp³-hybridized carbons (Fsp3) is 0. The molecule has 0 spiro atoms. The molecular weight excluding hydrogens is 412 g/mol. The Kier molecular flexibility index (Phi) is 4.87. The van der Waals surface area contributed by atoms with Gasteiger partial charge in [-0.05, 0) is 54.6 Å². The molecule has 0 amide bonds. The minimum absolute atomic E-state index is 0.359. The molecule has 8 heteroatoms. The van der Waals surface area contributed by atoms with Gasteiger partial charge < -0.3 is 20.4 Å². The van der Waals surface area contributed by atoms with Crippen molar-refractivity contribution in [2.24, 2.45) is 0 Å². The first-order valence-corrected chi connectivity index (χ1v) is 9.74. The highest BCUT2D eigenvalue weighted by molar-refractivity contribution is 5.83. The number of aromatic nitrogens is 3. The maximum atomic E-state index is 13.6. The van der Waals surface area contributed by atoms with Crippen LogP contribution in [0.25, 0.3) is 16.6 Å². The van der Waals surface area contributed by atoms with Crippen molar-refractivity contribution in [3.63, 3.8) is 0 Å². The van der Waals surface area contributed by atoms with Crippen LogP contribution < -0.4 is 15.8 Å². The highest BCUT2D eigenvalue weighted by Gasteiger charge is 2.09. The number of halogens is 2. The monoisotopic (exact) mass is 429 g/mol. The van der Waals surface area contributed by atoms with Gasteiger partial charge in [-0.25, -0.2) is 13.8 Å². The van der Waals surface area contributed by atoms with Crippen molar-refractivity contribution in [2.75, 3.05) is 11.1 Å². The fourth-order valence-electron chi connectivity index (χ4n) is 3.41. The second-order valence-electron chi connectivity index (χ2n) is 7.11. The van der Waals surface area contributed by atoms with Crippen molar-refractivity contribution >= 4 is 28.2 Å². The van der Waals surface area contributed by atoms with Gasteiger partial charge in [-0.3, -0.25) is 0 Å². The molecule has 158 valence electrons. The number of nitrogen functional groups attached to an aromatic ring is 1. The second-order valence-corrected chi connectivity index (χ2v) is 7.11. The fourth-order valence-corrected chi connectivity index (χ4v) is 3.41. The number of fused-ring (bicyclic) bond motifs is 1. The van der Waals surface area contributed by atoms with Crippen LogP contribution in [0.2, 0.25) is 0 Å². The van der Waals surface area contributed by atoms with Gasteiger partial charge in [0.25, 0.3) is 0 Å². The molecule has 2 aromatic heterocycles. The van der Waals surface area contributed by atoms with E-state index in [1.54, 1.807) is 41.2 Å². The van der Waals surface area contributed by atoms with Crippen LogP contribution in [-0.2, 0) is 0 Å². The topological polar surface area (TPSA) is 78.0 Å². The SMILES string of the molecule is Nc1cccc(Nc2nccc(Oc3ccc4c(ccn4-c4cc(F)cc(F)c4)c3)n2)c1. The van der Waals surface area contributed by atoms with Crippen molar-refractivity contribution in [1.29, 1.82) is 0 Å². The van der Waals surface area contributed by atoms with E-state index in [-0.39, 0.29) is 0 Å². The van der Waals surface area contributed by atoms with Crippen LogP contribution in [0.15, 0.2) is 85.2 Å². The lowest BCUT2D eigenvalue weighted by Crippen LogP contribution is -1.99. The van der Waals surface area contributed by atoms with Crippen LogP contribution in [0, 0.1) is 11.6 Å². The van der Waals surface area contributed by atoms with Gasteiger partial charge in [-0.1, -0.05) is 6.07 Å². The first-order chi connectivity index (χ1) is 15.5. The van der Waals surface area contributed by atoms with E-state index >= 15 is 0 Å². The molecule has 32 heavy (non-hydrogen) atoms. The van der Waals surface area contributed by atoms with E-state index < -0.39 is 11.6 Å². The highest BCUT2D eigenvalue weighted by Crippen LogP contribution is 2.28. The van der Waals surface area contributed by atoms with E-state index in [4.69, 9.17) is 10.5 Å². The summed E-state index contributed by atoms with van der Waals surface area (Å²) < 4.78 is 34.8. The van der Waals surface area contributed by atoms with E-state index in [0.29, 0.717) is 29.0 Å². The molecular formula is C24H17F2N5O. The number of hydrogen-bond donors (Lipinski definition) is 2. The highest BCUT2D eigenvalue weighted by atomic mass is 19.1. The second kappa shape index (κ2) is 7.99. The zero-order valence-corrected chi connectivity index (χ0v) is 16.7. The average Bonchev–Trinajstić information content (AvgIpc) is 3.17. The van der Waals surface area contributed by atoms with Crippen LogP contribution >= 0.6 is 0 Å². The maximum absolute atomic E-state index is 13.6. The summed E-state index contributed by atoms with van der Waals surface area (Å²) >= 11 is 0. The van der Waals surface area contributed by atoms with Gasteiger partial charge in [0.15, 0.2) is 0 Å². The van der Waals surface area contributed by atoms with Crippen molar-refractivity contribution in [3.8, 4) is 17.3 Å². The van der Waals surface area contributed by atoms with Gasteiger partial charge in [-0.2, -0.15) is 4.98 Å². The third-order valence-electron chi connectivity index (χ3n) is 4.78. The Morgan fingerprint density at radius 1 is 0.906 bits per heavy atom. The molecule has 0 saturated carbocycles. The zero-order chi connectivity index (χ0) is 22.1. The van der Waals surface area contributed by atoms with Crippen molar-refractivity contribution in [2.45, 2.75) is 0 Å². The zero-order valence-electron chi connectivity index (χ0n) is 16.7. The number of rotatable bonds is 5. The standard InChI is InChI=1S/C24H17F2N5O/c25-16-11-17(26)13-20(12-16)31-9-7-15-10-21(4-5-22(15)31)32-23-6-8-28-24(30-23)29-19-3-1-2-18(27)14-19/h1-14H,27H2,(H,28,29,30). The molecule has 2 heterocycles. The normalized spacial score (nSPS) is 10.9. The summed E-state index contributed by atoms with van der Waals surface area (Å²) in [5, 5.41) is 3.93. The van der Waals surface area contributed by atoms with Crippen LogP contribution in [0.4, 0.5) is 26.1 Å². The Bertz CT molecular complexity index is 1410. The Morgan fingerprint density at radius 2 is 1.75 bits per heavy atom. The number of hydrogen-bond acceptors (Lipinski definition) is 5. The molecule has 0 fully saturated rings. The molecule has 5 aromatic rings. The molecule has 5 rings (SSSR count). The smallest absolute Gasteiger partial charge is 0.230 e. The number of nitrogens with one attached hydrogen (secondary N) is 1. The lowest BCUT2D eigenvalue weighted by Gasteiger charge is -2.09. The molecule has 0 aliphatic heterocycles.